The first-order valence-electron chi connectivity index (χ1n) is 6.40. The molecule has 0 saturated heterocycles. The minimum atomic E-state index is -1.15. The highest BCUT2D eigenvalue weighted by molar-refractivity contribution is 6.56. The summed E-state index contributed by atoms with van der Waals surface area (Å²) in [7, 11) is -1.15. The van der Waals surface area contributed by atoms with Crippen molar-refractivity contribution in [2.75, 3.05) is 0 Å². The third-order valence-corrected chi connectivity index (χ3v) is 7.16. The van der Waals surface area contributed by atoms with Crippen LogP contribution in [0, 0.1) is 0 Å². The van der Waals surface area contributed by atoms with Gasteiger partial charge in [-0.2, -0.15) is 0 Å². The molecule has 2 unspecified atom stereocenters. The Balaban J connectivity index is 2.71. The maximum atomic E-state index is 6.26. The highest BCUT2D eigenvalue weighted by Crippen LogP contribution is 2.28. The van der Waals surface area contributed by atoms with Gasteiger partial charge in [0.2, 0.25) is 9.04 Å². The molecule has 1 rings (SSSR count). The van der Waals surface area contributed by atoms with E-state index >= 15 is 0 Å². The van der Waals surface area contributed by atoms with E-state index < -0.39 is 9.04 Å². The second-order valence-electron chi connectivity index (χ2n) is 4.67. The van der Waals surface area contributed by atoms with Crippen LogP contribution in [0.2, 0.25) is 11.1 Å². The van der Waals surface area contributed by atoms with Crippen LogP contribution < -0.4 is 4.43 Å². The van der Waals surface area contributed by atoms with Crippen molar-refractivity contribution in [1.29, 1.82) is 0 Å². The summed E-state index contributed by atoms with van der Waals surface area (Å²) in [5.74, 6) is 1.06. The van der Waals surface area contributed by atoms with Crippen molar-refractivity contribution in [2.45, 2.75) is 51.6 Å². The molecule has 0 fully saturated rings. The second-order valence-corrected chi connectivity index (χ2v) is 8.11. The molecule has 2 heteroatoms. The molecule has 0 aliphatic rings. The van der Waals surface area contributed by atoms with Crippen LogP contribution in [0.5, 0.6) is 5.75 Å². The van der Waals surface area contributed by atoms with Gasteiger partial charge in [0, 0.05) is 0 Å². The number of hydrogen-bond acceptors (Lipinski definition) is 1. The fraction of sp³-hybridized carbons (Fsp3) is 0.571. The lowest BCUT2D eigenvalue weighted by atomic mass is 10.3. The van der Waals surface area contributed by atoms with Crippen molar-refractivity contribution in [2.24, 2.45) is 0 Å². The van der Waals surface area contributed by atoms with Gasteiger partial charge in [-0.15, -0.1) is 0 Å². The molecule has 0 amide bonds. The monoisotopic (exact) mass is 236 g/mol. The minimum absolute atomic E-state index is 0.746. The largest absolute Gasteiger partial charge is 0.546 e. The summed E-state index contributed by atoms with van der Waals surface area (Å²) >= 11 is 0. The van der Waals surface area contributed by atoms with E-state index in [1.807, 2.05) is 18.2 Å². The van der Waals surface area contributed by atoms with E-state index in [2.05, 4.69) is 39.8 Å². The zero-order valence-electron chi connectivity index (χ0n) is 10.9. The fourth-order valence-electron chi connectivity index (χ4n) is 1.91. The Morgan fingerprint density at radius 3 is 1.94 bits per heavy atom. The van der Waals surface area contributed by atoms with Crippen LogP contribution in [0.15, 0.2) is 30.3 Å². The number of hydrogen-bond donors (Lipinski definition) is 0. The summed E-state index contributed by atoms with van der Waals surface area (Å²) in [4.78, 5) is 0. The zero-order chi connectivity index (χ0) is 12.0. The summed E-state index contributed by atoms with van der Waals surface area (Å²) in [5.41, 5.74) is 1.49. The first kappa shape index (κ1) is 13.3. The highest BCUT2D eigenvalue weighted by Gasteiger charge is 2.26. The first-order valence-corrected chi connectivity index (χ1v) is 8.21. The lowest BCUT2D eigenvalue weighted by molar-refractivity contribution is 0.518. The predicted molar refractivity (Wildman–Crippen MR) is 73.6 cm³/mol. The Labute approximate surface area is 102 Å². The van der Waals surface area contributed by atoms with Gasteiger partial charge >= 0.3 is 0 Å². The first-order chi connectivity index (χ1) is 7.69. The predicted octanol–water partition coefficient (Wildman–Crippen LogP) is 4.39. The van der Waals surface area contributed by atoms with Crippen molar-refractivity contribution in [3.8, 4) is 5.75 Å². The lowest BCUT2D eigenvalue weighted by Gasteiger charge is -2.27. The zero-order valence-corrected chi connectivity index (χ0v) is 12.1. The smallest absolute Gasteiger partial charge is 0.241 e. The van der Waals surface area contributed by atoms with E-state index in [1.165, 1.54) is 12.8 Å². The summed E-state index contributed by atoms with van der Waals surface area (Å²) in [6, 6.07) is 10.3. The standard InChI is InChI=1S/C14H24OSi/c1-5-12(3)16(13(4)6-2)15-14-10-8-7-9-11-14/h7-13,16H,5-6H2,1-4H3. The Morgan fingerprint density at radius 2 is 1.50 bits per heavy atom. The molecule has 0 bridgehead atoms. The molecule has 2 atom stereocenters. The SMILES string of the molecule is CCC(C)[SiH](Oc1ccccc1)C(C)CC. The summed E-state index contributed by atoms with van der Waals surface area (Å²) < 4.78 is 6.26. The van der Waals surface area contributed by atoms with E-state index in [0.29, 0.717) is 0 Å². The van der Waals surface area contributed by atoms with Crippen LogP contribution in [0.3, 0.4) is 0 Å². The van der Waals surface area contributed by atoms with Gasteiger partial charge in [-0.1, -0.05) is 58.7 Å². The van der Waals surface area contributed by atoms with Gasteiger partial charge < -0.3 is 4.43 Å². The quantitative estimate of drug-likeness (QED) is 0.666. The van der Waals surface area contributed by atoms with Gasteiger partial charge in [-0.3, -0.25) is 0 Å². The van der Waals surface area contributed by atoms with Crippen molar-refractivity contribution in [3.05, 3.63) is 30.3 Å². The van der Waals surface area contributed by atoms with E-state index in [0.717, 1.165) is 16.8 Å². The third kappa shape index (κ3) is 3.67. The maximum absolute atomic E-state index is 6.26. The van der Waals surface area contributed by atoms with E-state index in [9.17, 15) is 0 Å². The molecular formula is C14H24OSi. The average Bonchev–Trinajstić information content (AvgIpc) is 2.35. The molecule has 0 N–H and O–H groups in total. The van der Waals surface area contributed by atoms with Gasteiger partial charge in [-0.05, 0) is 23.2 Å². The molecule has 0 aliphatic heterocycles. The van der Waals surface area contributed by atoms with Gasteiger partial charge in [0.1, 0.15) is 5.75 Å². The molecule has 0 aromatic heterocycles. The summed E-state index contributed by atoms with van der Waals surface area (Å²) in [5, 5.41) is 0. The second kappa shape index (κ2) is 6.74. The van der Waals surface area contributed by atoms with E-state index in [1.54, 1.807) is 0 Å². The summed E-state index contributed by atoms with van der Waals surface area (Å²) in [6.45, 7) is 9.21. The molecule has 1 nitrogen and oxygen atoms in total. The molecule has 1 aromatic rings. The Morgan fingerprint density at radius 1 is 1.00 bits per heavy atom. The van der Waals surface area contributed by atoms with Gasteiger partial charge in [-0.25, -0.2) is 0 Å². The fourth-order valence-corrected chi connectivity index (χ4v) is 4.90. The molecule has 0 saturated carbocycles. The van der Waals surface area contributed by atoms with Crippen molar-refractivity contribution >= 4 is 9.04 Å². The van der Waals surface area contributed by atoms with Gasteiger partial charge in [0.05, 0.1) is 0 Å². The normalized spacial score (nSPS) is 16.5. The Bertz CT molecular complexity index is 276. The Kier molecular flexibility index (Phi) is 5.60. The number of para-hydroxylation sites is 1. The molecular weight excluding hydrogens is 212 g/mol. The van der Waals surface area contributed by atoms with Crippen LogP contribution in [-0.2, 0) is 0 Å². The number of rotatable bonds is 6. The van der Waals surface area contributed by atoms with E-state index in [4.69, 9.17) is 4.43 Å². The van der Waals surface area contributed by atoms with Crippen molar-refractivity contribution in [3.63, 3.8) is 0 Å². The molecule has 0 aliphatic carbocycles. The van der Waals surface area contributed by atoms with Crippen molar-refractivity contribution in [1.82, 2.24) is 0 Å². The minimum Gasteiger partial charge on any atom is -0.546 e. The van der Waals surface area contributed by atoms with Crippen LogP contribution >= 0.6 is 0 Å². The van der Waals surface area contributed by atoms with Crippen LogP contribution in [0.1, 0.15) is 40.5 Å². The molecule has 0 heterocycles. The molecule has 0 radical (unpaired) electrons. The average molecular weight is 236 g/mol. The topological polar surface area (TPSA) is 9.23 Å². The maximum Gasteiger partial charge on any atom is 0.241 e. The third-order valence-electron chi connectivity index (χ3n) is 3.42. The lowest BCUT2D eigenvalue weighted by Crippen LogP contribution is -2.31. The molecule has 1 aromatic carbocycles. The van der Waals surface area contributed by atoms with E-state index in [-0.39, 0.29) is 0 Å². The highest BCUT2D eigenvalue weighted by atomic mass is 28.3. The van der Waals surface area contributed by atoms with Crippen molar-refractivity contribution < 1.29 is 4.43 Å². The molecule has 16 heavy (non-hydrogen) atoms. The Hall–Kier alpha value is -0.763. The summed E-state index contributed by atoms with van der Waals surface area (Å²) in [6.07, 6.45) is 2.46. The van der Waals surface area contributed by atoms with Crippen LogP contribution in [0.4, 0.5) is 0 Å². The van der Waals surface area contributed by atoms with Crippen LogP contribution in [0.25, 0.3) is 0 Å². The van der Waals surface area contributed by atoms with Gasteiger partial charge in [0.25, 0.3) is 0 Å². The molecule has 0 spiro atoms. The van der Waals surface area contributed by atoms with Crippen LogP contribution in [-0.4, -0.2) is 9.04 Å². The van der Waals surface area contributed by atoms with Gasteiger partial charge in [0.15, 0.2) is 0 Å². The molecule has 90 valence electrons. The number of benzene rings is 1.